The number of rotatable bonds is 4. The molecule has 1 aromatic carbocycles. The maximum atomic E-state index is 11.1. The van der Waals surface area contributed by atoms with E-state index < -0.39 is 11.9 Å². The molecule has 0 bridgehead atoms. The average Bonchev–Trinajstić information content (AvgIpc) is 2.67. The van der Waals surface area contributed by atoms with E-state index in [-0.39, 0.29) is 0 Å². The molecule has 0 atom stereocenters. The number of nitrogens with two attached hydrogens (primary N) is 1. The minimum absolute atomic E-state index is 0.316. The second kappa shape index (κ2) is 5.21. The van der Waals surface area contributed by atoms with Crippen LogP contribution >= 0.6 is 0 Å². The summed E-state index contributed by atoms with van der Waals surface area (Å²) in [5.74, 6) is -1.38. The van der Waals surface area contributed by atoms with Gasteiger partial charge in [-0.2, -0.15) is 0 Å². The van der Waals surface area contributed by atoms with E-state index in [1.54, 1.807) is 25.1 Å². The molecule has 1 amide bonds. The van der Waals surface area contributed by atoms with Crippen molar-refractivity contribution in [2.45, 2.75) is 20.4 Å². The zero-order valence-electron chi connectivity index (χ0n) is 11.4. The van der Waals surface area contributed by atoms with Crippen molar-refractivity contribution in [3.05, 3.63) is 58.4 Å². The Morgan fingerprint density at radius 2 is 1.80 bits per heavy atom. The van der Waals surface area contributed by atoms with Gasteiger partial charge in [-0.15, -0.1) is 0 Å². The number of hydrogen-bond donors (Lipinski definition) is 2. The third kappa shape index (κ3) is 2.56. The van der Waals surface area contributed by atoms with E-state index in [1.807, 2.05) is 23.6 Å². The Labute approximate surface area is 116 Å². The van der Waals surface area contributed by atoms with Crippen molar-refractivity contribution in [1.29, 1.82) is 0 Å². The number of carboxylic acids is 1. The number of aromatic carboxylic acids is 1. The SMILES string of the molecule is Cc1cc(C(=O)O)c(C)n1Cc1ccc(C(N)=O)cc1. The van der Waals surface area contributed by atoms with E-state index in [1.165, 1.54) is 0 Å². The predicted molar refractivity (Wildman–Crippen MR) is 74.9 cm³/mol. The number of nitrogens with zero attached hydrogens (tertiary/aromatic N) is 1. The maximum absolute atomic E-state index is 11.1. The topological polar surface area (TPSA) is 85.3 Å². The van der Waals surface area contributed by atoms with Crippen LogP contribution in [0.4, 0.5) is 0 Å². The Morgan fingerprint density at radius 3 is 2.25 bits per heavy atom. The summed E-state index contributed by atoms with van der Waals surface area (Å²) in [6, 6.07) is 8.64. The first kappa shape index (κ1) is 13.9. The fraction of sp³-hybridized carbons (Fsp3) is 0.200. The molecule has 20 heavy (non-hydrogen) atoms. The molecule has 0 aliphatic carbocycles. The van der Waals surface area contributed by atoms with Gasteiger partial charge in [0.15, 0.2) is 0 Å². The van der Waals surface area contributed by atoms with Gasteiger partial charge >= 0.3 is 5.97 Å². The van der Waals surface area contributed by atoms with Gasteiger partial charge in [-0.3, -0.25) is 4.79 Å². The van der Waals surface area contributed by atoms with E-state index in [0.717, 1.165) is 11.3 Å². The lowest BCUT2D eigenvalue weighted by Gasteiger charge is -2.10. The maximum Gasteiger partial charge on any atom is 0.337 e. The smallest absolute Gasteiger partial charge is 0.337 e. The molecule has 0 radical (unpaired) electrons. The van der Waals surface area contributed by atoms with Crippen LogP contribution < -0.4 is 5.73 Å². The molecular formula is C15H16N2O3. The van der Waals surface area contributed by atoms with Crippen LogP contribution in [0.15, 0.2) is 30.3 Å². The van der Waals surface area contributed by atoms with Gasteiger partial charge in [0.1, 0.15) is 0 Å². The molecule has 104 valence electrons. The summed E-state index contributed by atoms with van der Waals surface area (Å²) >= 11 is 0. The molecule has 1 aromatic heterocycles. The number of hydrogen-bond acceptors (Lipinski definition) is 2. The van der Waals surface area contributed by atoms with Crippen LogP contribution in [0, 0.1) is 13.8 Å². The summed E-state index contributed by atoms with van der Waals surface area (Å²) < 4.78 is 1.93. The van der Waals surface area contributed by atoms with E-state index in [0.29, 0.717) is 23.4 Å². The minimum Gasteiger partial charge on any atom is -0.478 e. The molecule has 0 fully saturated rings. The Bertz CT molecular complexity index is 669. The largest absolute Gasteiger partial charge is 0.478 e. The van der Waals surface area contributed by atoms with Crippen molar-refractivity contribution in [3.8, 4) is 0 Å². The van der Waals surface area contributed by atoms with Crippen LogP contribution in [0.25, 0.3) is 0 Å². The first-order valence-corrected chi connectivity index (χ1v) is 6.19. The summed E-state index contributed by atoms with van der Waals surface area (Å²) in [7, 11) is 0. The summed E-state index contributed by atoms with van der Waals surface area (Å²) in [6.07, 6.45) is 0. The van der Waals surface area contributed by atoms with Gasteiger partial charge < -0.3 is 15.4 Å². The third-order valence-electron chi connectivity index (χ3n) is 3.38. The highest BCUT2D eigenvalue weighted by atomic mass is 16.4. The van der Waals surface area contributed by atoms with E-state index in [9.17, 15) is 9.59 Å². The predicted octanol–water partition coefficient (Wildman–Crippen LogP) is 1.95. The third-order valence-corrected chi connectivity index (χ3v) is 3.38. The van der Waals surface area contributed by atoms with Gasteiger partial charge in [0.2, 0.25) is 5.91 Å². The summed E-state index contributed by atoms with van der Waals surface area (Å²) in [5, 5.41) is 9.10. The molecule has 5 nitrogen and oxygen atoms in total. The van der Waals surface area contributed by atoms with Crippen molar-refractivity contribution < 1.29 is 14.7 Å². The van der Waals surface area contributed by atoms with Gasteiger partial charge in [-0.05, 0) is 37.6 Å². The number of primary amides is 1. The van der Waals surface area contributed by atoms with Gasteiger partial charge in [0.05, 0.1) is 5.56 Å². The number of aromatic nitrogens is 1. The number of carbonyl (C=O) groups is 2. The van der Waals surface area contributed by atoms with Gasteiger partial charge in [-0.1, -0.05) is 12.1 Å². The number of aryl methyl sites for hydroxylation is 1. The second-order valence-corrected chi connectivity index (χ2v) is 4.74. The van der Waals surface area contributed by atoms with Gasteiger partial charge in [0, 0.05) is 23.5 Å². The van der Waals surface area contributed by atoms with Crippen molar-refractivity contribution >= 4 is 11.9 Å². The normalized spacial score (nSPS) is 10.5. The molecule has 0 spiro atoms. The number of benzene rings is 1. The Balaban J connectivity index is 2.30. The van der Waals surface area contributed by atoms with Crippen LogP contribution in [0.3, 0.4) is 0 Å². The quantitative estimate of drug-likeness (QED) is 0.892. The van der Waals surface area contributed by atoms with Gasteiger partial charge in [0.25, 0.3) is 0 Å². The van der Waals surface area contributed by atoms with E-state index in [2.05, 4.69) is 0 Å². The molecular weight excluding hydrogens is 256 g/mol. The molecule has 0 saturated heterocycles. The summed E-state index contributed by atoms with van der Waals surface area (Å²) in [5.41, 5.74) is 8.55. The van der Waals surface area contributed by atoms with Crippen molar-refractivity contribution in [1.82, 2.24) is 4.57 Å². The Hall–Kier alpha value is -2.56. The average molecular weight is 272 g/mol. The summed E-state index contributed by atoms with van der Waals surface area (Å²) in [6.45, 7) is 4.22. The molecule has 1 heterocycles. The number of amides is 1. The highest BCUT2D eigenvalue weighted by molar-refractivity contribution is 5.92. The summed E-state index contributed by atoms with van der Waals surface area (Å²) in [4.78, 5) is 22.1. The van der Waals surface area contributed by atoms with Crippen LogP contribution in [0.1, 0.15) is 37.7 Å². The molecule has 3 N–H and O–H groups in total. The fourth-order valence-electron chi connectivity index (χ4n) is 2.22. The Kier molecular flexibility index (Phi) is 3.61. The standard InChI is InChI=1S/C15H16N2O3/c1-9-7-13(15(19)20)10(2)17(9)8-11-3-5-12(6-4-11)14(16)18/h3-7H,8H2,1-2H3,(H2,16,18)(H,19,20). The molecule has 0 aliphatic rings. The molecule has 0 unspecified atom stereocenters. The Morgan fingerprint density at radius 1 is 1.20 bits per heavy atom. The minimum atomic E-state index is -0.923. The van der Waals surface area contributed by atoms with Crippen LogP contribution in [0.2, 0.25) is 0 Å². The fourth-order valence-corrected chi connectivity index (χ4v) is 2.22. The van der Waals surface area contributed by atoms with Crippen LogP contribution in [-0.4, -0.2) is 21.6 Å². The van der Waals surface area contributed by atoms with Crippen LogP contribution in [0.5, 0.6) is 0 Å². The van der Waals surface area contributed by atoms with Crippen molar-refractivity contribution in [3.63, 3.8) is 0 Å². The zero-order valence-corrected chi connectivity index (χ0v) is 11.4. The molecule has 0 saturated carbocycles. The second-order valence-electron chi connectivity index (χ2n) is 4.74. The lowest BCUT2D eigenvalue weighted by Crippen LogP contribution is -2.11. The first-order chi connectivity index (χ1) is 9.40. The molecule has 2 rings (SSSR count). The zero-order chi connectivity index (χ0) is 14.9. The first-order valence-electron chi connectivity index (χ1n) is 6.19. The van der Waals surface area contributed by atoms with Crippen molar-refractivity contribution in [2.24, 2.45) is 5.73 Å². The monoisotopic (exact) mass is 272 g/mol. The number of carboxylic acid groups (broad SMARTS) is 1. The van der Waals surface area contributed by atoms with Crippen molar-refractivity contribution in [2.75, 3.05) is 0 Å². The van der Waals surface area contributed by atoms with Crippen LogP contribution in [-0.2, 0) is 6.54 Å². The molecule has 0 aliphatic heterocycles. The lowest BCUT2D eigenvalue weighted by molar-refractivity contribution is 0.0695. The van der Waals surface area contributed by atoms with E-state index in [4.69, 9.17) is 10.8 Å². The molecule has 2 aromatic rings. The van der Waals surface area contributed by atoms with Gasteiger partial charge in [-0.25, -0.2) is 4.79 Å². The molecule has 5 heteroatoms. The lowest BCUT2D eigenvalue weighted by atomic mass is 10.1. The number of carbonyl (C=O) groups excluding carboxylic acids is 1. The van der Waals surface area contributed by atoms with E-state index >= 15 is 0 Å². The highest BCUT2D eigenvalue weighted by Gasteiger charge is 2.14. The highest BCUT2D eigenvalue weighted by Crippen LogP contribution is 2.17.